The van der Waals surface area contributed by atoms with Crippen molar-refractivity contribution in [2.24, 2.45) is 0 Å². The Labute approximate surface area is 279 Å². The first-order chi connectivity index (χ1) is 21.5. The van der Waals surface area contributed by atoms with Gasteiger partial charge in [-0.05, 0) is 12.8 Å². The van der Waals surface area contributed by atoms with Gasteiger partial charge in [-0.15, -0.1) is 0 Å². The van der Waals surface area contributed by atoms with Gasteiger partial charge in [0, 0.05) is 6.42 Å². The van der Waals surface area contributed by atoms with Crippen LogP contribution in [0.2, 0.25) is 0 Å². The Balaban J connectivity index is 3.86. The number of unbranched alkanes of at least 4 members (excludes halogenated alkanes) is 21. The van der Waals surface area contributed by atoms with Gasteiger partial charge in [0.1, 0.15) is 13.2 Å². The highest BCUT2D eigenvalue weighted by Gasteiger charge is 2.24. The summed E-state index contributed by atoms with van der Waals surface area (Å²) < 4.78 is 22.8. The van der Waals surface area contributed by atoms with Gasteiger partial charge in [0.05, 0.1) is 39.9 Å². The predicted octanol–water partition coefficient (Wildman–Crippen LogP) is 8.83. The summed E-state index contributed by atoms with van der Waals surface area (Å²) in [5.41, 5.74) is 0. The Bertz CT molecular complexity index is 718. The number of rotatable bonds is 34. The van der Waals surface area contributed by atoms with Crippen molar-refractivity contribution in [3.05, 3.63) is 0 Å². The lowest BCUT2D eigenvalue weighted by atomic mass is 10.0. The molecule has 0 heterocycles. The molecule has 0 aromatic carbocycles. The molecule has 0 aromatic rings. The van der Waals surface area contributed by atoms with Crippen LogP contribution < -0.4 is 10.2 Å². The van der Waals surface area contributed by atoms with Crippen LogP contribution in [0.15, 0.2) is 0 Å². The number of hydrogen-bond donors (Lipinski definition) is 2. The summed E-state index contributed by atoms with van der Waals surface area (Å²) in [6.45, 7) is 4.37. The maximum Gasteiger partial charge on any atom is 0.268 e. The van der Waals surface area contributed by atoms with Crippen molar-refractivity contribution in [2.75, 3.05) is 40.9 Å². The van der Waals surface area contributed by atoms with E-state index in [0.717, 1.165) is 19.3 Å². The third-order valence-electron chi connectivity index (χ3n) is 8.57. The first-order valence-electron chi connectivity index (χ1n) is 18.9. The van der Waals surface area contributed by atoms with Crippen LogP contribution in [0, 0.1) is 0 Å². The molecule has 0 fully saturated rings. The molecule has 0 aliphatic carbocycles. The van der Waals surface area contributed by atoms with Crippen LogP contribution in [0.3, 0.4) is 0 Å². The van der Waals surface area contributed by atoms with Crippen LogP contribution in [0.25, 0.3) is 0 Å². The number of carbonyl (C=O) groups excluding carboxylic acids is 1. The Morgan fingerprint density at radius 2 is 1.09 bits per heavy atom. The molecule has 0 spiro atoms. The van der Waals surface area contributed by atoms with E-state index in [2.05, 4.69) is 12.2 Å². The van der Waals surface area contributed by atoms with Gasteiger partial charge in [-0.25, -0.2) is 0 Å². The molecule has 3 atom stereocenters. The molecule has 0 bridgehead atoms. The number of phosphoric acid groups is 1. The van der Waals surface area contributed by atoms with Crippen molar-refractivity contribution in [1.82, 2.24) is 5.32 Å². The molecule has 0 radical (unpaired) electrons. The highest BCUT2D eigenvalue weighted by atomic mass is 31.2. The van der Waals surface area contributed by atoms with Crippen molar-refractivity contribution in [3.8, 4) is 0 Å². The van der Waals surface area contributed by atoms with Crippen molar-refractivity contribution >= 4 is 13.7 Å². The summed E-state index contributed by atoms with van der Waals surface area (Å²) in [7, 11) is 1.30. The van der Waals surface area contributed by atoms with E-state index in [1.54, 1.807) is 0 Å². The highest BCUT2D eigenvalue weighted by Crippen LogP contribution is 2.38. The van der Waals surface area contributed by atoms with E-state index in [0.29, 0.717) is 30.3 Å². The zero-order chi connectivity index (χ0) is 33.7. The van der Waals surface area contributed by atoms with Gasteiger partial charge in [-0.3, -0.25) is 9.36 Å². The van der Waals surface area contributed by atoms with Gasteiger partial charge < -0.3 is 28.8 Å². The number of carbonyl (C=O) groups is 1. The Morgan fingerprint density at radius 1 is 0.689 bits per heavy atom. The second kappa shape index (κ2) is 29.6. The van der Waals surface area contributed by atoms with Crippen LogP contribution in [-0.4, -0.2) is 68.5 Å². The SMILES string of the molecule is CCCCCCCCCCCCCCCCCCCCCCCCC(O)C(COP(=O)([O-])OCC[N+](C)(C)C)NC(=O)CCC. The van der Waals surface area contributed by atoms with E-state index < -0.39 is 20.0 Å². The fraction of sp³-hybridized carbons (Fsp3) is 0.972. The molecule has 0 rings (SSSR count). The lowest BCUT2D eigenvalue weighted by molar-refractivity contribution is -0.870. The number of aliphatic hydroxyl groups is 1. The molecule has 270 valence electrons. The standard InChI is InChI=1S/C36H75N2O6P/c1-6-8-9-10-11-12-13-14-15-16-17-18-19-20-21-22-23-24-25-26-27-28-30-35(39)34(37-36(40)29-7-2)33-44-45(41,42)43-32-31-38(3,4)5/h34-35,39H,6-33H2,1-5H3,(H-,37,40,41,42). The van der Waals surface area contributed by atoms with E-state index in [-0.39, 0.29) is 19.1 Å². The average Bonchev–Trinajstić information content (AvgIpc) is 2.97. The second-order valence-electron chi connectivity index (χ2n) is 14.3. The lowest BCUT2D eigenvalue weighted by Crippen LogP contribution is -2.46. The van der Waals surface area contributed by atoms with Gasteiger partial charge in [0.25, 0.3) is 7.82 Å². The topological polar surface area (TPSA) is 108 Å². The molecular formula is C36H75N2O6P. The molecule has 2 N–H and O–H groups in total. The molecule has 0 aliphatic heterocycles. The number of amides is 1. The van der Waals surface area contributed by atoms with Crippen LogP contribution >= 0.6 is 7.82 Å². The summed E-state index contributed by atoms with van der Waals surface area (Å²) in [6, 6.07) is -0.789. The largest absolute Gasteiger partial charge is 0.756 e. The number of likely N-dealkylation sites (N-methyl/N-ethyl adjacent to an activating group) is 1. The first-order valence-corrected chi connectivity index (χ1v) is 20.3. The zero-order valence-corrected chi connectivity index (χ0v) is 31.2. The van der Waals surface area contributed by atoms with Gasteiger partial charge in [-0.2, -0.15) is 0 Å². The van der Waals surface area contributed by atoms with Gasteiger partial charge in [0.2, 0.25) is 5.91 Å². The van der Waals surface area contributed by atoms with Crippen LogP contribution in [0.5, 0.6) is 0 Å². The summed E-state index contributed by atoms with van der Waals surface area (Å²) in [4.78, 5) is 24.4. The minimum Gasteiger partial charge on any atom is -0.756 e. The minimum absolute atomic E-state index is 0.0131. The van der Waals surface area contributed by atoms with Crippen LogP contribution in [-0.2, 0) is 18.4 Å². The van der Waals surface area contributed by atoms with E-state index in [1.165, 1.54) is 122 Å². The van der Waals surface area contributed by atoms with E-state index in [1.807, 2.05) is 28.1 Å². The molecule has 0 saturated heterocycles. The minimum atomic E-state index is -4.52. The van der Waals surface area contributed by atoms with Crippen LogP contribution in [0.1, 0.15) is 174 Å². The summed E-state index contributed by atoms with van der Waals surface area (Å²) in [5, 5.41) is 13.5. The van der Waals surface area contributed by atoms with Crippen LogP contribution in [0.4, 0.5) is 0 Å². The molecule has 1 amide bonds. The van der Waals surface area contributed by atoms with Gasteiger partial charge >= 0.3 is 0 Å². The van der Waals surface area contributed by atoms with Crippen molar-refractivity contribution in [2.45, 2.75) is 187 Å². The molecule has 9 heteroatoms. The number of phosphoric ester groups is 1. The quantitative estimate of drug-likeness (QED) is 0.0405. The fourth-order valence-electron chi connectivity index (χ4n) is 5.55. The number of nitrogens with zero attached hydrogens (tertiary/aromatic N) is 1. The highest BCUT2D eigenvalue weighted by molar-refractivity contribution is 7.45. The Morgan fingerprint density at radius 3 is 1.47 bits per heavy atom. The maximum absolute atomic E-state index is 12.2. The van der Waals surface area contributed by atoms with E-state index >= 15 is 0 Å². The molecule has 3 unspecified atom stereocenters. The average molecular weight is 663 g/mol. The Hall–Kier alpha value is -0.500. The maximum atomic E-state index is 12.2. The van der Waals surface area contributed by atoms with Crippen molar-refractivity contribution < 1.29 is 32.9 Å². The monoisotopic (exact) mass is 663 g/mol. The Kier molecular flexibility index (Phi) is 29.3. The molecule has 0 saturated carbocycles. The summed E-state index contributed by atoms with van der Waals surface area (Å²) in [6.07, 6.45) is 29.8. The first kappa shape index (κ1) is 44.5. The van der Waals surface area contributed by atoms with E-state index in [9.17, 15) is 19.4 Å². The lowest BCUT2D eigenvalue weighted by Gasteiger charge is -2.30. The molecule has 0 aliphatic rings. The smallest absolute Gasteiger partial charge is 0.268 e. The zero-order valence-electron chi connectivity index (χ0n) is 30.3. The van der Waals surface area contributed by atoms with Gasteiger partial charge in [-0.1, -0.05) is 155 Å². The molecule has 0 aromatic heterocycles. The number of aliphatic hydroxyl groups excluding tert-OH is 1. The summed E-state index contributed by atoms with van der Waals surface area (Å²) >= 11 is 0. The third-order valence-corrected chi connectivity index (χ3v) is 9.53. The second-order valence-corrected chi connectivity index (χ2v) is 15.7. The van der Waals surface area contributed by atoms with Crippen molar-refractivity contribution in [3.63, 3.8) is 0 Å². The summed E-state index contributed by atoms with van der Waals surface area (Å²) in [5.74, 6) is -0.217. The number of hydrogen-bond acceptors (Lipinski definition) is 6. The van der Waals surface area contributed by atoms with E-state index in [4.69, 9.17) is 9.05 Å². The third kappa shape index (κ3) is 31.8. The number of nitrogens with one attached hydrogen (secondary N) is 1. The predicted molar refractivity (Wildman–Crippen MR) is 187 cm³/mol. The molecule has 45 heavy (non-hydrogen) atoms. The normalized spacial score (nSPS) is 14.7. The fourth-order valence-corrected chi connectivity index (χ4v) is 6.28. The number of quaternary nitrogens is 1. The van der Waals surface area contributed by atoms with Gasteiger partial charge in [0.15, 0.2) is 0 Å². The van der Waals surface area contributed by atoms with Crippen molar-refractivity contribution in [1.29, 1.82) is 0 Å². The molecule has 8 nitrogen and oxygen atoms in total. The molecular weight excluding hydrogens is 587 g/mol.